The van der Waals surface area contributed by atoms with E-state index in [2.05, 4.69) is 4.72 Å². The zero-order valence-electron chi connectivity index (χ0n) is 11.1. The van der Waals surface area contributed by atoms with Crippen LogP contribution in [0.1, 0.15) is 18.9 Å². The van der Waals surface area contributed by atoms with Gasteiger partial charge in [-0.3, -0.25) is 0 Å². The van der Waals surface area contributed by atoms with Crippen LogP contribution in [0.15, 0.2) is 18.2 Å². The lowest BCUT2D eigenvalue weighted by molar-refractivity contribution is 0.180. The van der Waals surface area contributed by atoms with E-state index >= 15 is 0 Å². The Bertz CT molecular complexity index is 551. The molecule has 0 amide bonds. The molecule has 0 unspecified atom stereocenters. The summed E-state index contributed by atoms with van der Waals surface area (Å²) >= 11 is 0. The van der Waals surface area contributed by atoms with Gasteiger partial charge in [-0.1, -0.05) is 6.07 Å². The summed E-state index contributed by atoms with van der Waals surface area (Å²) in [7, 11) is -3.80. The molecule has 1 fully saturated rings. The van der Waals surface area contributed by atoms with Gasteiger partial charge in [0.1, 0.15) is 11.6 Å². The van der Waals surface area contributed by atoms with Crippen molar-refractivity contribution in [3.8, 4) is 0 Å². The Morgan fingerprint density at radius 3 is 2.60 bits per heavy atom. The fraction of sp³-hybridized carbons (Fsp3) is 0.538. The highest BCUT2D eigenvalue weighted by atomic mass is 32.2. The number of halogens is 2. The molecule has 1 aromatic carbocycles. The molecule has 20 heavy (non-hydrogen) atoms. The van der Waals surface area contributed by atoms with Crippen LogP contribution in [-0.2, 0) is 20.5 Å². The first-order chi connectivity index (χ1) is 9.39. The Kier molecular flexibility index (Phi) is 4.72. The van der Waals surface area contributed by atoms with Crippen molar-refractivity contribution in [3.05, 3.63) is 35.4 Å². The van der Waals surface area contributed by atoms with Crippen LogP contribution in [0.2, 0.25) is 0 Å². The van der Waals surface area contributed by atoms with E-state index in [4.69, 9.17) is 4.74 Å². The zero-order valence-corrected chi connectivity index (χ0v) is 11.9. The quantitative estimate of drug-likeness (QED) is 0.902. The summed E-state index contributed by atoms with van der Waals surface area (Å²) < 4.78 is 58.6. The van der Waals surface area contributed by atoms with Gasteiger partial charge in [0.15, 0.2) is 0 Å². The highest BCUT2D eigenvalue weighted by Crippen LogP contribution is 2.19. The van der Waals surface area contributed by atoms with Crippen LogP contribution in [0.3, 0.4) is 0 Å². The third-order valence-electron chi connectivity index (χ3n) is 3.43. The summed E-state index contributed by atoms with van der Waals surface area (Å²) in [5.41, 5.74) is -0.435. The Labute approximate surface area is 117 Å². The van der Waals surface area contributed by atoms with Gasteiger partial charge in [-0.25, -0.2) is 21.9 Å². The molecule has 0 bridgehead atoms. The normalized spacial score (nSPS) is 21.1. The number of hydrogen-bond donors (Lipinski definition) is 1. The third kappa shape index (κ3) is 3.74. The van der Waals surface area contributed by atoms with Crippen LogP contribution < -0.4 is 4.72 Å². The first-order valence-electron chi connectivity index (χ1n) is 6.39. The van der Waals surface area contributed by atoms with Crippen LogP contribution in [-0.4, -0.2) is 27.7 Å². The molecule has 1 aliphatic heterocycles. The van der Waals surface area contributed by atoms with Crippen molar-refractivity contribution in [1.29, 1.82) is 0 Å². The van der Waals surface area contributed by atoms with E-state index in [1.807, 2.05) is 0 Å². The maximum Gasteiger partial charge on any atom is 0.216 e. The van der Waals surface area contributed by atoms with Crippen molar-refractivity contribution in [2.24, 2.45) is 5.92 Å². The predicted molar refractivity (Wildman–Crippen MR) is 70.5 cm³/mol. The second kappa shape index (κ2) is 6.15. The monoisotopic (exact) mass is 305 g/mol. The minimum absolute atomic E-state index is 0.0928. The van der Waals surface area contributed by atoms with E-state index in [0.29, 0.717) is 13.2 Å². The number of sulfonamides is 1. The highest BCUT2D eigenvalue weighted by molar-refractivity contribution is 7.88. The van der Waals surface area contributed by atoms with Crippen LogP contribution in [0.5, 0.6) is 0 Å². The Balaban J connectivity index is 2.07. The van der Waals surface area contributed by atoms with Crippen LogP contribution in [0, 0.1) is 17.6 Å². The number of benzene rings is 1. The van der Waals surface area contributed by atoms with Gasteiger partial charge < -0.3 is 4.74 Å². The van der Waals surface area contributed by atoms with Crippen molar-refractivity contribution in [2.45, 2.75) is 25.1 Å². The molecule has 1 N–H and O–H groups in total. The molecule has 0 aliphatic carbocycles. The highest BCUT2D eigenvalue weighted by Gasteiger charge is 2.27. The number of nitrogens with one attached hydrogen (secondary N) is 1. The minimum atomic E-state index is -3.80. The average Bonchev–Trinajstić information content (AvgIpc) is 2.87. The molecular weight excluding hydrogens is 288 g/mol. The van der Waals surface area contributed by atoms with Gasteiger partial charge in [-0.15, -0.1) is 0 Å². The summed E-state index contributed by atoms with van der Waals surface area (Å²) in [6.07, 6.45) is 0.776. The van der Waals surface area contributed by atoms with Crippen molar-refractivity contribution in [2.75, 3.05) is 13.2 Å². The molecule has 0 aromatic heterocycles. The third-order valence-corrected chi connectivity index (χ3v) is 4.83. The van der Waals surface area contributed by atoms with Crippen LogP contribution >= 0.6 is 0 Å². The topological polar surface area (TPSA) is 55.4 Å². The second-order valence-corrected chi connectivity index (χ2v) is 6.74. The van der Waals surface area contributed by atoms with E-state index in [0.717, 1.165) is 18.6 Å². The molecule has 1 heterocycles. The molecule has 4 nitrogen and oxygen atoms in total. The lowest BCUT2D eigenvalue weighted by atomic mass is 10.0. The molecule has 1 saturated heterocycles. The lowest BCUT2D eigenvalue weighted by Gasteiger charge is -2.19. The molecule has 1 aromatic rings. The maximum atomic E-state index is 13.5. The van der Waals surface area contributed by atoms with Gasteiger partial charge in [0.25, 0.3) is 0 Å². The van der Waals surface area contributed by atoms with Gasteiger partial charge >= 0.3 is 0 Å². The average molecular weight is 305 g/mol. The molecule has 1 aliphatic rings. The summed E-state index contributed by atoms with van der Waals surface area (Å²) in [5, 5.41) is 0. The molecule has 7 heteroatoms. The number of rotatable bonds is 5. The minimum Gasteiger partial charge on any atom is -0.381 e. The summed E-state index contributed by atoms with van der Waals surface area (Å²) in [5.74, 6) is -2.32. The van der Waals surface area contributed by atoms with E-state index in [1.165, 1.54) is 6.07 Å². The van der Waals surface area contributed by atoms with Gasteiger partial charge in [0, 0.05) is 24.1 Å². The van der Waals surface area contributed by atoms with E-state index < -0.39 is 33.0 Å². The summed E-state index contributed by atoms with van der Waals surface area (Å²) in [4.78, 5) is 0. The molecule has 0 radical (unpaired) electrons. The van der Waals surface area contributed by atoms with E-state index in [9.17, 15) is 17.2 Å². The van der Waals surface area contributed by atoms with Crippen LogP contribution in [0.4, 0.5) is 8.78 Å². The summed E-state index contributed by atoms with van der Waals surface area (Å²) in [6, 6.07) is 2.97. The van der Waals surface area contributed by atoms with E-state index in [-0.39, 0.29) is 12.0 Å². The molecular formula is C13H17F2NO3S. The van der Waals surface area contributed by atoms with Gasteiger partial charge in [-0.05, 0) is 25.5 Å². The standard InChI is InChI=1S/C13H17F2NO3S/c1-9(10-5-6-19-7-10)16-20(17,18)8-11-12(14)3-2-4-13(11)15/h2-4,9-10,16H,5-8H2,1H3/t9-,10-/m0/s1. The van der Waals surface area contributed by atoms with Gasteiger partial charge in [-0.2, -0.15) is 0 Å². The number of hydrogen-bond acceptors (Lipinski definition) is 3. The number of ether oxygens (including phenoxy) is 1. The first-order valence-corrected chi connectivity index (χ1v) is 8.05. The van der Waals surface area contributed by atoms with Crippen molar-refractivity contribution >= 4 is 10.0 Å². The van der Waals surface area contributed by atoms with Crippen molar-refractivity contribution < 1.29 is 21.9 Å². The fourth-order valence-corrected chi connectivity index (χ4v) is 3.73. The Hall–Kier alpha value is -1.05. The molecule has 112 valence electrons. The molecule has 0 spiro atoms. The SMILES string of the molecule is C[C@H](NS(=O)(=O)Cc1c(F)cccc1F)[C@H]1CCOC1. The largest absolute Gasteiger partial charge is 0.381 e. The van der Waals surface area contributed by atoms with Crippen molar-refractivity contribution in [1.82, 2.24) is 4.72 Å². The predicted octanol–water partition coefficient (Wildman–Crippen LogP) is 1.81. The Morgan fingerprint density at radius 2 is 2.05 bits per heavy atom. The van der Waals surface area contributed by atoms with Gasteiger partial charge in [0.2, 0.25) is 10.0 Å². The zero-order chi connectivity index (χ0) is 14.8. The molecule has 2 atom stereocenters. The lowest BCUT2D eigenvalue weighted by Crippen LogP contribution is -2.39. The summed E-state index contributed by atoms with van der Waals surface area (Å²) in [6.45, 7) is 2.84. The molecule has 2 rings (SSSR count). The maximum absolute atomic E-state index is 13.5. The Morgan fingerprint density at radius 1 is 1.40 bits per heavy atom. The molecule has 0 saturated carbocycles. The second-order valence-electron chi connectivity index (χ2n) is 4.99. The van der Waals surface area contributed by atoms with Gasteiger partial charge in [0.05, 0.1) is 12.4 Å². The van der Waals surface area contributed by atoms with Crippen molar-refractivity contribution in [3.63, 3.8) is 0 Å². The smallest absolute Gasteiger partial charge is 0.216 e. The van der Waals surface area contributed by atoms with E-state index in [1.54, 1.807) is 6.92 Å². The fourth-order valence-electron chi connectivity index (χ4n) is 2.23. The first kappa shape index (κ1) is 15.3. The van der Waals surface area contributed by atoms with Crippen LogP contribution in [0.25, 0.3) is 0 Å².